The maximum atomic E-state index is 10.9. The van der Waals surface area contributed by atoms with Crippen LogP contribution in [0, 0.1) is 11.3 Å². The minimum Gasteiger partial charge on any atom is -0.478 e. The Hall–Kier alpha value is -3.07. The molecule has 1 aromatic carbocycles. The predicted octanol–water partition coefficient (Wildman–Crippen LogP) is 1.98. The van der Waals surface area contributed by atoms with Crippen LogP contribution in [0.2, 0.25) is 0 Å². The number of hydrogen-bond donors (Lipinski definition) is 3. The van der Waals surface area contributed by atoms with Crippen LogP contribution in [0.1, 0.15) is 15.9 Å². The molecule has 0 amide bonds. The fraction of sp³-hybridized carbons (Fsp3) is 0. The molecular formula is C13H10N4O2. The normalized spacial score (nSPS) is 9.63. The number of aromatic nitrogens is 1. The van der Waals surface area contributed by atoms with Crippen molar-refractivity contribution >= 4 is 23.2 Å². The number of hydrogen-bond acceptors (Lipinski definition) is 5. The predicted molar refractivity (Wildman–Crippen MR) is 70.0 cm³/mol. The lowest BCUT2D eigenvalue weighted by molar-refractivity contribution is 0.0698. The van der Waals surface area contributed by atoms with E-state index < -0.39 is 5.97 Å². The fourth-order valence-electron chi connectivity index (χ4n) is 1.53. The molecule has 0 radical (unpaired) electrons. The third-order valence-electron chi connectivity index (χ3n) is 2.43. The van der Waals surface area contributed by atoms with E-state index in [1.807, 2.05) is 6.07 Å². The zero-order chi connectivity index (χ0) is 13.8. The van der Waals surface area contributed by atoms with Crippen LogP contribution < -0.4 is 11.1 Å². The smallest absolute Gasteiger partial charge is 0.337 e. The first-order valence-electron chi connectivity index (χ1n) is 5.36. The zero-order valence-electron chi connectivity index (χ0n) is 9.79. The summed E-state index contributed by atoms with van der Waals surface area (Å²) in [6.07, 6.45) is 1.28. The van der Waals surface area contributed by atoms with Crippen LogP contribution in [0.4, 0.5) is 17.2 Å². The summed E-state index contributed by atoms with van der Waals surface area (Å²) >= 11 is 0. The van der Waals surface area contributed by atoms with Crippen LogP contribution in [0.5, 0.6) is 0 Å². The quantitative estimate of drug-likeness (QED) is 0.772. The van der Waals surface area contributed by atoms with Crippen LogP contribution in [-0.4, -0.2) is 16.1 Å². The van der Waals surface area contributed by atoms with Crippen molar-refractivity contribution in [2.24, 2.45) is 0 Å². The molecule has 0 spiro atoms. The fourth-order valence-corrected chi connectivity index (χ4v) is 1.53. The lowest BCUT2D eigenvalue weighted by Gasteiger charge is -2.07. The molecule has 0 aliphatic heterocycles. The largest absolute Gasteiger partial charge is 0.478 e. The van der Waals surface area contributed by atoms with E-state index in [0.717, 1.165) is 0 Å². The number of carboxylic acid groups (broad SMARTS) is 1. The molecular weight excluding hydrogens is 244 g/mol. The molecule has 4 N–H and O–H groups in total. The van der Waals surface area contributed by atoms with Gasteiger partial charge in [-0.3, -0.25) is 0 Å². The molecule has 94 valence electrons. The number of nitrogens with zero attached hydrogens (tertiary/aromatic N) is 2. The summed E-state index contributed by atoms with van der Waals surface area (Å²) in [5.74, 6) is -0.768. The lowest BCUT2D eigenvalue weighted by atomic mass is 10.2. The number of carboxylic acids is 1. The standard InChI is InChI=1S/C13H10N4O2/c14-6-8-2-1-3-9(4-8)17-12-5-10(13(18)19)11(15)7-16-12/h1-5,7H,15H2,(H,16,17)(H,18,19). The second-order valence-corrected chi connectivity index (χ2v) is 3.78. The molecule has 6 nitrogen and oxygen atoms in total. The number of nitrogens with two attached hydrogens (primary N) is 1. The van der Waals surface area contributed by atoms with Gasteiger partial charge in [0.2, 0.25) is 0 Å². The maximum absolute atomic E-state index is 10.9. The first kappa shape index (κ1) is 12.4. The second-order valence-electron chi connectivity index (χ2n) is 3.78. The van der Waals surface area contributed by atoms with Crippen molar-refractivity contribution in [3.05, 3.63) is 47.7 Å². The minimum atomic E-state index is -1.12. The van der Waals surface area contributed by atoms with Gasteiger partial charge in [-0.05, 0) is 24.3 Å². The van der Waals surface area contributed by atoms with Crippen molar-refractivity contribution in [3.8, 4) is 6.07 Å². The Balaban J connectivity index is 2.31. The van der Waals surface area contributed by atoms with E-state index in [9.17, 15) is 4.79 Å². The van der Waals surface area contributed by atoms with Gasteiger partial charge in [0.05, 0.1) is 29.1 Å². The summed E-state index contributed by atoms with van der Waals surface area (Å²) in [5, 5.41) is 20.7. The van der Waals surface area contributed by atoms with Crippen LogP contribution in [0.3, 0.4) is 0 Å². The van der Waals surface area contributed by atoms with Crippen LogP contribution >= 0.6 is 0 Å². The van der Waals surface area contributed by atoms with E-state index >= 15 is 0 Å². The van der Waals surface area contributed by atoms with Gasteiger partial charge in [0.15, 0.2) is 0 Å². The third kappa shape index (κ3) is 2.79. The van der Waals surface area contributed by atoms with Gasteiger partial charge >= 0.3 is 5.97 Å². The summed E-state index contributed by atoms with van der Waals surface area (Å²) in [6.45, 7) is 0. The van der Waals surface area contributed by atoms with Gasteiger partial charge in [-0.1, -0.05) is 6.07 Å². The molecule has 2 aromatic rings. The average molecular weight is 254 g/mol. The number of rotatable bonds is 3. The van der Waals surface area contributed by atoms with Crippen molar-refractivity contribution in [1.29, 1.82) is 5.26 Å². The highest BCUT2D eigenvalue weighted by atomic mass is 16.4. The van der Waals surface area contributed by atoms with Crippen molar-refractivity contribution < 1.29 is 9.90 Å². The van der Waals surface area contributed by atoms with Crippen molar-refractivity contribution in [2.45, 2.75) is 0 Å². The summed E-state index contributed by atoms with van der Waals surface area (Å²) in [4.78, 5) is 14.9. The molecule has 0 atom stereocenters. The Morgan fingerprint density at radius 2 is 2.21 bits per heavy atom. The second kappa shape index (κ2) is 5.06. The highest BCUT2D eigenvalue weighted by molar-refractivity contribution is 5.94. The molecule has 6 heteroatoms. The maximum Gasteiger partial charge on any atom is 0.337 e. The van der Waals surface area contributed by atoms with Gasteiger partial charge in [0, 0.05) is 5.69 Å². The highest BCUT2D eigenvalue weighted by Gasteiger charge is 2.09. The number of carbonyl (C=O) groups is 1. The number of nitriles is 1. The lowest BCUT2D eigenvalue weighted by Crippen LogP contribution is -2.05. The van der Waals surface area contributed by atoms with Gasteiger partial charge in [-0.15, -0.1) is 0 Å². The number of nitrogens with one attached hydrogen (secondary N) is 1. The first-order valence-corrected chi connectivity index (χ1v) is 5.36. The molecule has 0 aliphatic carbocycles. The molecule has 0 unspecified atom stereocenters. The Kier molecular flexibility index (Phi) is 3.30. The van der Waals surface area contributed by atoms with E-state index in [2.05, 4.69) is 10.3 Å². The number of aromatic carboxylic acids is 1. The van der Waals surface area contributed by atoms with E-state index in [1.54, 1.807) is 24.3 Å². The summed E-state index contributed by atoms with van der Waals surface area (Å²) < 4.78 is 0. The SMILES string of the molecule is N#Cc1cccc(Nc2cc(C(=O)O)c(N)cn2)c1. The summed E-state index contributed by atoms with van der Waals surface area (Å²) in [6, 6.07) is 10.1. The molecule has 2 rings (SSSR count). The Labute approximate surface area is 109 Å². The minimum absolute atomic E-state index is 0.0195. The van der Waals surface area contributed by atoms with Gasteiger partial charge in [-0.2, -0.15) is 5.26 Å². The number of anilines is 3. The van der Waals surface area contributed by atoms with Gasteiger partial charge in [0.1, 0.15) is 5.82 Å². The van der Waals surface area contributed by atoms with Gasteiger partial charge < -0.3 is 16.2 Å². The molecule has 0 fully saturated rings. The monoisotopic (exact) mass is 254 g/mol. The van der Waals surface area contributed by atoms with Crippen molar-refractivity contribution in [3.63, 3.8) is 0 Å². The topological polar surface area (TPSA) is 112 Å². The third-order valence-corrected chi connectivity index (χ3v) is 2.43. The van der Waals surface area contributed by atoms with E-state index in [1.165, 1.54) is 12.3 Å². The van der Waals surface area contributed by atoms with Crippen LogP contribution in [-0.2, 0) is 0 Å². The van der Waals surface area contributed by atoms with Crippen molar-refractivity contribution in [1.82, 2.24) is 4.98 Å². The summed E-state index contributed by atoms with van der Waals surface area (Å²) in [7, 11) is 0. The Bertz CT molecular complexity index is 677. The highest BCUT2D eigenvalue weighted by Crippen LogP contribution is 2.19. The Morgan fingerprint density at radius 1 is 1.42 bits per heavy atom. The van der Waals surface area contributed by atoms with E-state index in [-0.39, 0.29) is 11.3 Å². The molecule has 1 aromatic heterocycles. The Morgan fingerprint density at radius 3 is 2.89 bits per heavy atom. The van der Waals surface area contributed by atoms with Crippen LogP contribution in [0.15, 0.2) is 36.5 Å². The molecule has 0 saturated carbocycles. The average Bonchev–Trinajstić information content (AvgIpc) is 2.41. The molecule has 0 aliphatic rings. The van der Waals surface area contributed by atoms with E-state index in [0.29, 0.717) is 17.1 Å². The molecule has 0 saturated heterocycles. The summed E-state index contributed by atoms with van der Waals surface area (Å²) in [5.41, 5.74) is 6.74. The molecule has 0 bridgehead atoms. The van der Waals surface area contributed by atoms with Gasteiger partial charge in [0.25, 0.3) is 0 Å². The number of nitrogen functional groups attached to an aromatic ring is 1. The molecule has 19 heavy (non-hydrogen) atoms. The van der Waals surface area contributed by atoms with Crippen molar-refractivity contribution in [2.75, 3.05) is 11.1 Å². The zero-order valence-corrected chi connectivity index (χ0v) is 9.79. The number of pyridine rings is 1. The number of benzene rings is 1. The van der Waals surface area contributed by atoms with E-state index in [4.69, 9.17) is 16.1 Å². The van der Waals surface area contributed by atoms with Crippen LogP contribution in [0.25, 0.3) is 0 Å². The molecule has 1 heterocycles. The van der Waals surface area contributed by atoms with Gasteiger partial charge in [-0.25, -0.2) is 9.78 Å². The first-order chi connectivity index (χ1) is 9.10.